The van der Waals surface area contributed by atoms with Gasteiger partial charge in [-0.15, -0.1) is 0 Å². The molecule has 0 saturated carbocycles. The molecule has 1 aromatic carbocycles. The highest BCUT2D eigenvalue weighted by Crippen LogP contribution is 2.28. The van der Waals surface area contributed by atoms with Gasteiger partial charge < -0.3 is 19.0 Å². The lowest BCUT2D eigenvalue weighted by Gasteiger charge is -2.18. The van der Waals surface area contributed by atoms with Crippen LogP contribution in [0.15, 0.2) is 16.5 Å². The lowest BCUT2D eigenvalue weighted by atomic mass is 9.97. The molecule has 1 N–H and O–H groups in total. The molecular weight excluding hydrogens is 370 g/mol. The summed E-state index contributed by atoms with van der Waals surface area (Å²) in [5.74, 6) is 1.29. The third-order valence-electron chi connectivity index (χ3n) is 4.54. The van der Waals surface area contributed by atoms with Crippen LogP contribution in [0, 0.1) is 20.8 Å². The molecule has 160 valence electrons. The number of benzene rings is 1. The number of hydrogen-bond acceptors (Lipinski definition) is 5. The van der Waals surface area contributed by atoms with Crippen LogP contribution in [0.25, 0.3) is 0 Å². The van der Waals surface area contributed by atoms with Gasteiger partial charge in [-0.1, -0.05) is 32.9 Å². The van der Waals surface area contributed by atoms with E-state index in [1.54, 1.807) is 0 Å². The molecule has 6 heteroatoms. The molecule has 0 amide bonds. The van der Waals surface area contributed by atoms with E-state index in [2.05, 4.69) is 25.8 Å². The SMILES string of the molecule is Cc1cc(CC(OC(C)C)C(=O)O)cc(C)c1OCc1nc(C(C)(C)C)oc1C. The Hall–Kier alpha value is -2.34. The Morgan fingerprint density at radius 2 is 1.76 bits per heavy atom. The number of ether oxygens (including phenoxy) is 2. The Bertz CT molecular complexity index is 838. The molecule has 1 heterocycles. The second-order valence-corrected chi connectivity index (χ2v) is 8.84. The van der Waals surface area contributed by atoms with Crippen molar-refractivity contribution in [2.24, 2.45) is 0 Å². The summed E-state index contributed by atoms with van der Waals surface area (Å²) in [5, 5.41) is 9.41. The maximum absolute atomic E-state index is 11.5. The molecule has 6 nitrogen and oxygen atoms in total. The number of carboxylic acids is 1. The normalized spacial score (nSPS) is 13.0. The molecule has 2 aromatic rings. The van der Waals surface area contributed by atoms with Crippen LogP contribution in [0.2, 0.25) is 0 Å². The fraction of sp³-hybridized carbons (Fsp3) is 0.565. The predicted molar refractivity (Wildman–Crippen MR) is 112 cm³/mol. The van der Waals surface area contributed by atoms with E-state index >= 15 is 0 Å². The van der Waals surface area contributed by atoms with Crippen molar-refractivity contribution in [3.63, 3.8) is 0 Å². The largest absolute Gasteiger partial charge is 0.487 e. The van der Waals surface area contributed by atoms with Gasteiger partial charge in [-0.05, 0) is 51.3 Å². The van der Waals surface area contributed by atoms with Gasteiger partial charge in [0.15, 0.2) is 12.0 Å². The number of nitrogens with zero attached hydrogens (tertiary/aromatic N) is 1. The van der Waals surface area contributed by atoms with Crippen molar-refractivity contribution in [2.45, 2.75) is 86.0 Å². The molecular formula is C23H33NO5. The molecule has 1 unspecified atom stereocenters. The number of aromatic nitrogens is 1. The minimum absolute atomic E-state index is 0.149. The fourth-order valence-corrected chi connectivity index (χ4v) is 3.14. The van der Waals surface area contributed by atoms with E-state index in [1.165, 1.54) is 0 Å². The van der Waals surface area contributed by atoms with Crippen LogP contribution in [0.1, 0.15) is 68.7 Å². The number of carboxylic acid groups (broad SMARTS) is 1. The summed E-state index contributed by atoms with van der Waals surface area (Å²) in [5.41, 5.74) is 3.44. The molecule has 0 fully saturated rings. The number of aliphatic carboxylic acids is 1. The van der Waals surface area contributed by atoms with Gasteiger partial charge >= 0.3 is 5.97 Å². The van der Waals surface area contributed by atoms with Gasteiger partial charge in [0.2, 0.25) is 0 Å². The van der Waals surface area contributed by atoms with Gasteiger partial charge in [0.05, 0.1) is 6.10 Å². The molecule has 0 aliphatic heterocycles. The Balaban J connectivity index is 2.16. The van der Waals surface area contributed by atoms with E-state index in [-0.39, 0.29) is 11.5 Å². The highest BCUT2D eigenvalue weighted by atomic mass is 16.5. The van der Waals surface area contributed by atoms with Crippen molar-refractivity contribution in [1.82, 2.24) is 4.98 Å². The fourth-order valence-electron chi connectivity index (χ4n) is 3.14. The highest BCUT2D eigenvalue weighted by molar-refractivity contribution is 5.72. The first-order valence-electron chi connectivity index (χ1n) is 9.96. The number of aryl methyl sites for hydroxylation is 3. The Morgan fingerprint density at radius 1 is 1.17 bits per heavy atom. The third-order valence-corrected chi connectivity index (χ3v) is 4.54. The zero-order chi connectivity index (χ0) is 21.9. The van der Waals surface area contributed by atoms with Crippen LogP contribution >= 0.6 is 0 Å². The van der Waals surface area contributed by atoms with E-state index < -0.39 is 12.1 Å². The summed E-state index contributed by atoms with van der Waals surface area (Å²) in [4.78, 5) is 16.1. The summed E-state index contributed by atoms with van der Waals surface area (Å²) in [6.45, 7) is 16.0. The molecule has 0 bridgehead atoms. The topological polar surface area (TPSA) is 81.8 Å². The van der Waals surface area contributed by atoms with Crippen LogP contribution < -0.4 is 4.74 Å². The first-order chi connectivity index (χ1) is 13.4. The second-order valence-electron chi connectivity index (χ2n) is 8.84. The molecule has 0 aliphatic rings. The molecule has 1 aromatic heterocycles. The van der Waals surface area contributed by atoms with Crippen molar-refractivity contribution in [3.8, 4) is 5.75 Å². The summed E-state index contributed by atoms with van der Waals surface area (Å²) in [6.07, 6.45) is -0.703. The van der Waals surface area contributed by atoms with Crippen LogP contribution in [0.4, 0.5) is 0 Å². The van der Waals surface area contributed by atoms with E-state index in [1.807, 2.05) is 46.8 Å². The average molecular weight is 404 g/mol. The maximum Gasteiger partial charge on any atom is 0.333 e. The summed E-state index contributed by atoms with van der Waals surface area (Å²) >= 11 is 0. The minimum atomic E-state index is -0.953. The van der Waals surface area contributed by atoms with E-state index in [0.29, 0.717) is 18.9 Å². The summed E-state index contributed by atoms with van der Waals surface area (Å²) < 4.78 is 17.4. The Labute approximate surface area is 173 Å². The number of rotatable bonds is 8. The van der Waals surface area contributed by atoms with Crippen molar-refractivity contribution in [1.29, 1.82) is 0 Å². The zero-order valence-corrected chi connectivity index (χ0v) is 18.8. The standard InChI is InChI=1S/C23H33NO5/c1-13(2)28-19(21(25)26)11-17-9-14(3)20(15(4)10-17)27-12-18-16(5)29-22(24-18)23(6,7)8/h9-10,13,19H,11-12H2,1-8H3,(H,25,26). The van der Waals surface area contributed by atoms with Crippen molar-refractivity contribution < 1.29 is 23.8 Å². The Morgan fingerprint density at radius 3 is 2.21 bits per heavy atom. The average Bonchev–Trinajstić information content (AvgIpc) is 2.94. The van der Waals surface area contributed by atoms with Crippen molar-refractivity contribution >= 4 is 5.97 Å². The van der Waals surface area contributed by atoms with E-state index in [4.69, 9.17) is 13.9 Å². The van der Waals surface area contributed by atoms with Gasteiger partial charge in [-0.2, -0.15) is 0 Å². The molecule has 29 heavy (non-hydrogen) atoms. The van der Waals surface area contributed by atoms with Gasteiger partial charge in [0.1, 0.15) is 23.8 Å². The lowest BCUT2D eigenvalue weighted by molar-refractivity contribution is -0.153. The highest BCUT2D eigenvalue weighted by Gasteiger charge is 2.23. The predicted octanol–water partition coefficient (Wildman–Crippen LogP) is 4.90. The first kappa shape index (κ1) is 22.9. The van der Waals surface area contributed by atoms with Crippen molar-refractivity contribution in [2.75, 3.05) is 0 Å². The molecule has 1 atom stereocenters. The van der Waals surface area contributed by atoms with Crippen LogP contribution in [0.5, 0.6) is 5.75 Å². The second kappa shape index (κ2) is 8.99. The monoisotopic (exact) mass is 403 g/mol. The number of carbonyl (C=O) groups is 1. The quantitative estimate of drug-likeness (QED) is 0.675. The van der Waals surface area contributed by atoms with Crippen LogP contribution in [0.3, 0.4) is 0 Å². The molecule has 0 spiro atoms. The smallest absolute Gasteiger partial charge is 0.333 e. The first-order valence-corrected chi connectivity index (χ1v) is 9.96. The van der Waals surface area contributed by atoms with Crippen LogP contribution in [-0.2, 0) is 28.0 Å². The molecule has 0 radical (unpaired) electrons. The minimum Gasteiger partial charge on any atom is -0.487 e. The maximum atomic E-state index is 11.5. The molecule has 0 saturated heterocycles. The van der Waals surface area contributed by atoms with Crippen LogP contribution in [-0.4, -0.2) is 28.3 Å². The van der Waals surface area contributed by atoms with E-state index in [0.717, 1.165) is 33.9 Å². The molecule has 0 aliphatic carbocycles. The van der Waals surface area contributed by atoms with Gasteiger partial charge in [0.25, 0.3) is 0 Å². The Kier molecular flexibility index (Phi) is 7.11. The summed E-state index contributed by atoms with van der Waals surface area (Å²) in [6, 6.07) is 3.91. The van der Waals surface area contributed by atoms with Gasteiger partial charge in [-0.25, -0.2) is 9.78 Å². The number of hydrogen-bond donors (Lipinski definition) is 1. The summed E-state index contributed by atoms with van der Waals surface area (Å²) in [7, 11) is 0. The van der Waals surface area contributed by atoms with E-state index in [9.17, 15) is 9.90 Å². The van der Waals surface area contributed by atoms with Crippen molar-refractivity contribution in [3.05, 3.63) is 46.2 Å². The third kappa shape index (κ3) is 6.07. The zero-order valence-electron chi connectivity index (χ0n) is 18.8. The van der Waals surface area contributed by atoms with Gasteiger partial charge in [-0.3, -0.25) is 0 Å². The lowest BCUT2D eigenvalue weighted by Crippen LogP contribution is -2.29. The number of oxazole rings is 1. The van der Waals surface area contributed by atoms with Gasteiger partial charge in [0, 0.05) is 11.8 Å². The molecule has 2 rings (SSSR count).